The highest BCUT2D eigenvalue weighted by Gasteiger charge is 2.24. The summed E-state index contributed by atoms with van der Waals surface area (Å²) in [6.45, 7) is 0. The van der Waals surface area contributed by atoms with E-state index in [2.05, 4.69) is 295 Å². The number of nitrogens with zero attached hydrogens (tertiary/aromatic N) is 3. The van der Waals surface area contributed by atoms with Crippen molar-refractivity contribution in [1.29, 1.82) is 0 Å². The van der Waals surface area contributed by atoms with Crippen molar-refractivity contribution in [3.8, 4) is 61.6 Å². The summed E-state index contributed by atoms with van der Waals surface area (Å²) in [6.07, 6.45) is 7.75. The fourth-order valence-corrected chi connectivity index (χ4v) is 10.8. The molecule has 1 aromatic heterocycles. The number of allylic oxidation sites excluding steroid dienone is 4. The molecule has 350 valence electrons. The molecule has 11 aromatic carbocycles. The number of rotatable bonds is 11. The van der Waals surface area contributed by atoms with Crippen LogP contribution in [0.25, 0.3) is 88.7 Å². The molecule has 12 aromatic rings. The summed E-state index contributed by atoms with van der Waals surface area (Å²) in [5, 5.41) is 10.1. The van der Waals surface area contributed by atoms with E-state index in [4.69, 9.17) is 5.10 Å². The van der Waals surface area contributed by atoms with E-state index in [0.29, 0.717) is 0 Å². The van der Waals surface area contributed by atoms with Crippen molar-refractivity contribution in [1.82, 2.24) is 9.78 Å². The minimum absolute atomic E-state index is 0.173. The SMILES string of the molecule is C1=CCC(c2ccccc2-c2ccc(-n3nc(-c4ccccc4)cc3-c3ccccc3)cc2)C(c2ccc(N(c3ccc(-c4ccc5ccccc5c4)cc3)c3ccc(-c4ccc5ccccc5c4)cc3)cc2)=C1. The Balaban J connectivity index is 0.817. The largest absolute Gasteiger partial charge is 0.311 e. The molecule has 0 saturated heterocycles. The van der Waals surface area contributed by atoms with E-state index < -0.39 is 0 Å². The van der Waals surface area contributed by atoms with Crippen LogP contribution in [0, 0.1) is 0 Å². The Morgan fingerprint density at radius 2 is 0.838 bits per heavy atom. The monoisotopic (exact) mass is 945 g/mol. The Morgan fingerprint density at radius 1 is 0.365 bits per heavy atom. The molecule has 3 heteroatoms. The summed E-state index contributed by atoms with van der Waals surface area (Å²) < 4.78 is 2.08. The average Bonchev–Trinajstić information content (AvgIpc) is 3.95. The second-order valence-electron chi connectivity index (χ2n) is 19.1. The van der Waals surface area contributed by atoms with Gasteiger partial charge in [0.05, 0.1) is 17.1 Å². The first-order valence-electron chi connectivity index (χ1n) is 25.5. The van der Waals surface area contributed by atoms with E-state index in [-0.39, 0.29) is 5.92 Å². The van der Waals surface area contributed by atoms with Crippen LogP contribution in [-0.2, 0) is 0 Å². The maximum atomic E-state index is 5.16. The third kappa shape index (κ3) is 8.71. The van der Waals surface area contributed by atoms with Gasteiger partial charge in [0.25, 0.3) is 0 Å². The first-order chi connectivity index (χ1) is 36.7. The number of aromatic nitrogens is 2. The molecule has 0 saturated carbocycles. The zero-order chi connectivity index (χ0) is 49.2. The van der Waals surface area contributed by atoms with Crippen molar-refractivity contribution in [3.63, 3.8) is 0 Å². The van der Waals surface area contributed by atoms with Crippen molar-refractivity contribution >= 4 is 44.2 Å². The van der Waals surface area contributed by atoms with Gasteiger partial charge in [-0.05, 0) is 145 Å². The number of fused-ring (bicyclic) bond motifs is 2. The minimum Gasteiger partial charge on any atom is -0.311 e. The molecule has 0 spiro atoms. The van der Waals surface area contributed by atoms with Crippen LogP contribution in [0.4, 0.5) is 17.1 Å². The van der Waals surface area contributed by atoms with Crippen molar-refractivity contribution in [2.45, 2.75) is 12.3 Å². The van der Waals surface area contributed by atoms with E-state index in [1.165, 1.54) is 71.6 Å². The molecular weight excluding hydrogens is 895 g/mol. The molecule has 0 aliphatic heterocycles. The van der Waals surface area contributed by atoms with Crippen LogP contribution in [0.1, 0.15) is 23.5 Å². The van der Waals surface area contributed by atoms with Gasteiger partial charge in [0.2, 0.25) is 0 Å². The van der Waals surface area contributed by atoms with Crippen LogP contribution in [-0.4, -0.2) is 9.78 Å². The standard InChI is InChI=1S/C71H51N3/c1-3-17-56(18-4-1)70-49-71(57-19-5-2-6-20-57)74(72-70)65-45-37-55(38-46-65)67-24-12-14-26-69(67)68-25-13-11-23-66(68)54-35-43-64(44-36-54)73(62-39-31-52(32-40-62)60-29-27-50-15-7-9-21-58(50)47-60)63-41-33-53(34-42-63)61-30-28-51-16-8-10-22-59(51)48-61/h1-24,26-49,68H,25H2. The van der Waals surface area contributed by atoms with Gasteiger partial charge in [-0.15, -0.1) is 0 Å². The maximum Gasteiger partial charge on any atom is 0.0934 e. The van der Waals surface area contributed by atoms with E-state index >= 15 is 0 Å². The highest BCUT2D eigenvalue weighted by molar-refractivity contribution is 5.90. The van der Waals surface area contributed by atoms with Crippen LogP contribution in [0.15, 0.2) is 291 Å². The molecule has 0 bridgehead atoms. The first-order valence-corrected chi connectivity index (χ1v) is 25.5. The highest BCUT2D eigenvalue weighted by Crippen LogP contribution is 2.44. The zero-order valence-corrected chi connectivity index (χ0v) is 40.8. The van der Waals surface area contributed by atoms with E-state index in [1.54, 1.807) is 0 Å². The van der Waals surface area contributed by atoms with Crippen molar-refractivity contribution in [2.75, 3.05) is 4.90 Å². The Bertz CT molecular complexity index is 3880. The van der Waals surface area contributed by atoms with E-state index in [9.17, 15) is 0 Å². The minimum atomic E-state index is 0.173. The fraction of sp³-hybridized carbons (Fsp3) is 0.0282. The molecule has 0 N–H and O–H groups in total. The van der Waals surface area contributed by atoms with Gasteiger partial charge in [0.15, 0.2) is 0 Å². The van der Waals surface area contributed by atoms with Gasteiger partial charge in [-0.3, -0.25) is 0 Å². The highest BCUT2D eigenvalue weighted by atomic mass is 15.3. The van der Waals surface area contributed by atoms with Gasteiger partial charge in [0, 0.05) is 34.1 Å². The van der Waals surface area contributed by atoms with Gasteiger partial charge in [-0.1, -0.05) is 224 Å². The predicted octanol–water partition coefficient (Wildman–Crippen LogP) is 19.1. The molecule has 0 amide bonds. The zero-order valence-electron chi connectivity index (χ0n) is 40.8. The van der Waals surface area contributed by atoms with Crippen LogP contribution in [0.2, 0.25) is 0 Å². The number of hydrogen-bond donors (Lipinski definition) is 0. The van der Waals surface area contributed by atoms with Crippen molar-refractivity contribution in [3.05, 3.63) is 302 Å². The third-order valence-corrected chi connectivity index (χ3v) is 14.6. The third-order valence-electron chi connectivity index (χ3n) is 14.6. The summed E-state index contributed by atoms with van der Waals surface area (Å²) in [5.41, 5.74) is 19.6. The quantitative estimate of drug-likeness (QED) is 0.129. The predicted molar refractivity (Wildman–Crippen MR) is 311 cm³/mol. The Morgan fingerprint density at radius 3 is 1.42 bits per heavy atom. The molecule has 3 nitrogen and oxygen atoms in total. The molecule has 1 aliphatic carbocycles. The van der Waals surface area contributed by atoms with Gasteiger partial charge < -0.3 is 4.90 Å². The Hall–Kier alpha value is -9.57. The fourth-order valence-electron chi connectivity index (χ4n) is 10.8. The van der Waals surface area contributed by atoms with Crippen LogP contribution < -0.4 is 4.90 Å². The molecule has 1 atom stereocenters. The van der Waals surface area contributed by atoms with E-state index in [1.807, 2.05) is 6.07 Å². The molecule has 13 rings (SSSR count). The normalized spacial score (nSPS) is 13.2. The Labute approximate surface area is 432 Å². The molecule has 0 fully saturated rings. The van der Waals surface area contributed by atoms with Crippen LogP contribution >= 0.6 is 0 Å². The second-order valence-corrected chi connectivity index (χ2v) is 19.1. The van der Waals surface area contributed by atoms with Crippen molar-refractivity contribution in [2.24, 2.45) is 0 Å². The molecule has 1 aliphatic rings. The summed E-state index contributed by atoms with van der Waals surface area (Å²) in [5.74, 6) is 0.173. The summed E-state index contributed by atoms with van der Waals surface area (Å²) >= 11 is 0. The van der Waals surface area contributed by atoms with E-state index in [0.717, 1.165) is 51.7 Å². The molecule has 1 heterocycles. The molecule has 0 radical (unpaired) electrons. The van der Waals surface area contributed by atoms with Gasteiger partial charge in [0.1, 0.15) is 0 Å². The number of hydrogen-bond acceptors (Lipinski definition) is 2. The van der Waals surface area contributed by atoms with Gasteiger partial charge in [-0.2, -0.15) is 5.10 Å². The first kappa shape index (κ1) is 44.4. The van der Waals surface area contributed by atoms with Crippen LogP contribution in [0.5, 0.6) is 0 Å². The van der Waals surface area contributed by atoms with Gasteiger partial charge >= 0.3 is 0 Å². The maximum absolute atomic E-state index is 5.16. The lowest BCUT2D eigenvalue weighted by atomic mass is 9.79. The lowest BCUT2D eigenvalue weighted by Gasteiger charge is -2.28. The lowest BCUT2D eigenvalue weighted by Crippen LogP contribution is -2.10. The summed E-state index contributed by atoms with van der Waals surface area (Å²) in [6, 6.07) is 98.7. The van der Waals surface area contributed by atoms with Crippen molar-refractivity contribution < 1.29 is 0 Å². The lowest BCUT2D eigenvalue weighted by molar-refractivity contribution is 0.875. The molecule has 1 unspecified atom stereocenters. The smallest absolute Gasteiger partial charge is 0.0934 e. The summed E-state index contributed by atoms with van der Waals surface area (Å²) in [4.78, 5) is 2.37. The van der Waals surface area contributed by atoms with Gasteiger partial charge in [-0.25, -0.2) is 4.68 Å². The number of benzene rings is 11. The Kier molecular flexibility index (Phi) is 11.7. The van der Waals surface area contributed by atoms with Crippen LogP contribution in [0.3, 0.4) is 0 Å². The molecular formula is C71H51N3. The number of anilines is 3. The topological polar surface area (TPSA) is 21.1 Å². The summed E-state index contributed by atoms with van der Waals surface area (Å²) in [7, 11) is 0. The molecule has 74 heavy (non-hydrogen) atoms. The average molecular weight is 946 g/mol. The second kappa shape index (κ2) is 19.6.